The van der Waals surface area contributed by atoms with E-state index in [1.54, 1.807) is 42.5 Å². The topological polar surface area (TPSA) is 121 Å². The van der Waals surface area contributed by atoms with E-state index in [4.69, 9.17) is 19.6 Å². The SMILES string of the molecule is COc1ccc2c(C[C@@H](NC(=O)[C@H](OC)c3ccccc3)C(N)=O)cc(=O)oc2c1. The predicted octanol–water partition coefficient (Wildman–Crippen LogP) is 1.70. The number of rotatable bonds is 8. The fourth-order valence-corrected chi connectivity index (χ4v) is 3.22. The van der Waals surface area contributed by atoms with Crippen molar-refractivity contribution in [2.24, 2.45) is 5.73 Å². The van der Waals surface area contributed by atoms with Crippen LogP contribution in [0.25, 0.3) is 11.0 Å². The largest absolute Gasteiger partial charge is 0.497 e. The lowest BCUT2D eigenvalue weighted by atomic mass is 10.0. The summed E-state index contributed by atoms with van der Waals surface area (Å²) in [4.78, 5) is 36.8. The molecule has 3 N–H and O–H groups in total. The molecule has 1 aromatic heterocycles. The number of carbonyl (C=O) groups is 2. The average molecular weight is 410 g/mol. The summed E-state index contributed by atoms with van der Waals surface area (Å²) in [6.45, 7) is 0. The number of ether oxygens (including phenoxy) is 2. The molecule has 0 saturated carbocycles. The van der Waals surface area contributed by atoms with E-state index >= 15 is 0 Å². The maximum absolute atomic E-state index is 12.8. The molecule has 3 aromatic rings. The standard InChI is InChI=1S/C22H22N2O6/c1-28-15-8-9-16-14(11-19(25)30-18(16)12-15)10-17(21(23)26)24-22(27)20(29-2)13-6-4-3-5-7-13/h3-9,11-12,17,20H,10H2,1-2H3,(H2,23,26)(H,24,27)/t17-,20-/m1/s1. The van der Waals surface area contributed by atoms with Crippen LogP contribution >= 0.6 is 0 Å². The number of fused-ring (bicyclic) bond motifs is 1. The number of hydrogen-bond acceptors (Lipinski definition) is 6. The fraction of sp³-hybridized carbons (Fsp3) is 0.227. The van der Waals surface area contributed by atoms with Crippen molar-refractivity contribution in [3.05, 3.63) is 76.1 Å². The summed E-state index contributed by atoms with van der Waals surface area (Å²) in [5.41, 5.74) is 6.40. The van der Waals surface area contributed by atoms with Gasteiger partial charge < -0.3 is 24.9 Å². The molecule has 0 aliphatic rings. The van der Waals surface area contributed by atoms with E-state index in [2.05, 4.69) is 5.32 Å². The van der Waals surface area contributed by atoms with Gasteiger partial charge in [-0.25, -0.2) is 4.79 Å². The Balaban J connectivity index is 1.88. The third-order valence-corrected chi connectivity index (χ3v) is 4.70. The molecule has 2 atom stereocenters. The molecule has 0 spiro atoms. The van der Waals surface area contributed by atoms with Crippen LogP contribution in [0.3, 0.4) is 0 Å². The fourth-order valence-electron chi connectivity index (χ4n) is 3.22. The maximum Gasteiger partial charge on any atom is 0.336 e. The summed E-state index contributed by atoms with van der Waals surface area (Å²) in [5, 5.41) is 3.24. The van der Waals surface area contributed by atoms with E-state index in [9.17, 15) is 14.4 Å². The first-order valence-electron chi connectivity index (χ1n) is 9.21. The number of carbonyl (C=O) groups excluding carboxylic acids is 2. The van der Waals surface area contributed by atoms with Crippen LogP contribution in [0.15, 0.2) is 63.8 Å². The summed E-state index contributed by atoms with van der Waals surface area (Å²) in [7, 11) is 2.90. The van der Waals surface area contributed by atoms with E-state index < -0.39 is 29.6 Å². The summed E-state index contributed by atoms with van der Waals surface area (Å²) in [5.74, 6) is -0.726. The van der Waals surface area contributed by atoms with Crippen molar-refractivity contribution in [1.82, 2.24) is 5.32 Å². The van der Waals surface area contributed by atoms with Gasteiger partial charge in [0.15, 0.2) is 6.10 Å². The Kier molecular flexibility index (Phi) is 6.48. The molecule has 2 aromatic carbocycles. The van der Waals surface area contributed by atoms with Gasteiger partial charge in [-0.05, 0) is 23.3 Å². The normalized spacial score (nSPS) is 12.9. The minimum atomic E-state index is -1.05. The van der Waals surface area contributed by atoms with Gasteiger partial charge in [0.25, 0.3) is 5.91 Å². The van der Waals surface area contributed by atoms with Crippen molar-refractivity contribution < 1.29 is 23.5 Å². The second-order valence-electron chi connectivity index (χ2n) is 6.65. The van der Waals surface area contributed by atoms with Crippen LogP contribution < -0.4 is 21.4 Å². The van der Waals surface area contributed by atoms with Crippen molar-refractivity contribution in [3.8, 4) is 5.75 Å². The Labute approximate surface area is 172 Å². The number of hydrogen-bond donors (Lipinski definition) is 2. The molecule has 156 valence electrons. The highest BCUT2D eigenvalue weighted by molar-refractivity contribution is 5.90. The van der Waals surface area contributed by atoms with Gasteiger partial charge in [-0.15, -0.1) is 0 Å². The molecule has 8 heteroatoms. The highest BCUT2D eigenvalue weighted by Crippen LogP contribution is 2.24. The lowest BCUT2D eigenvalue weighted by Crippen LogP contribution is -2.47. The molecule has 1 heterocycles. The smallest absolute Gasteiger partial charge is 0.336 e. The Morgan fingerprint density at radius 3 is 2.47 bits per heavy atom. The van der Waals surface area contributed by atoms with Crippen LogP contribution in [-0.4, -0.2) is 32.1 Å². The van der Waals surface area contributed by atoms with Gasteiger partial charge in [0.2, 0.25) is 5.91 Å². The van der Waals surface area contributed by atoms with E-state index in [0.29, 0.717) is 27.8 Å². The molecule has 0 saturated heterocycles. The molecule has 8 nitrogen and oxygen atoms in total. The Hall–Kier alpha value is -3.65. The lowest BCUT2D eigenvalue weighted by molar-refractivity contribution is -0.134. The zero-order chi connectivity index (χ0) is 21.7. The number of nitrogens with two attached hydrogens (primary N) is 1. The third kappa shape index (κ3) is 4.66. The highest BCUT2D eigenvalue weighted by atomic mass is 16.5. The Bertz CT molecular complexity index is 1110. The van der Waals surface area contributed by atoms with Gasteiger partial charge in [-0.1, -0.05) is 30.3 Å². The van der Waals surface area contributed by atoms with Crippen LogP contribution in [-0.2, 0) is 20.7 Å². The molecule has 0 unspecified atom stereocenters. The molecule has 2 amide bonds. The highest BCUT2D eigenvalue weighted by Gasteiger charge is 2.26. The number of amides is 2. The van der Waals surface area contributed by atoms with Gasteiger partial charge in [-0.2, -0.15) is 0 Å². The van der Waals surface area contributed by atoms with Crippen molar-refractivity contribution in [3.63, 3.8) is 0 Å². The van der Waals surface area contributed by atoms with E-state index in [0.717, 1.165) is 0 Å². The molecule has 0 radical (unpaired) electrons. The molecule has 30 heavy (non-hydrogen) atoms. The van der Waals surface area contributed by atoms with Gasteiger partial charge in [0, 0.05) is 31.0 Å². The predicted molar refractivity (Wildman–Crippen MR) is 110 cm³/mol. The summed E-state index contributed by atoms with van der Waals surface area (Å²) < 4.78 is 15.7. The first kappa shape index (κ1) is 21.1. The van der Waals surface area contributed by atoms with Crippen molar-refractivity contribution in [1.29, 1.82) is 0 Å². The number of nitrogens with one attached hydrogen (secondary N) is 1. The Morgan fingerprint density at radius 1 is 1.10 bits per heavy atom. The number of primary amides is 1. The average Bonchev–Trinajstić information content (AvgIpc) is 2.73. The molecular weight excluding hydrogens is 388 g/mol. The Morgan fingerprint density at radius 2 is 1.83 bits per heavy atom. The summed E-state index contributed by atoms with van der Waals surface area (Å²) in [6, 6.07) is 14.1. The minimum absolute atomic E-state index is 0.0146. The van der Waals surface area contributed by atoms with Crippen LogP contribution in [0.1, 0.15) is 17.2 Å². The first-order chi connectivity index (χ1) is 14.4. The maximum atomic E-state index is 12.8. The lowest BCUT2D eigenvalue weighted by Gasteiger charge is -2.21. The van der Waals surface area contributed by atoms with Gasteiger partial charge in [0.1, 0.15) is 17.4 Å². The van der Waals surface area contributed by atoms with Crippen LogP contribution in [0.4, 0.5) is 0 Å². The second kappa shape index (κ2) is 9.23. The van der Waals surface area contributed by atoms with Crippen molar-refractivity contribution in [2.75, 3.05) is 14.2 Å². The molecule has 3 rings (SSSR count). The van der Waals surface area contributed by atoms with E-state index in [-0.39, 0.29) is 6.42 Å². The van der Waals surface area contributed by atoms with Crippen LogP contribution in [0.2, 0.25) is 0 Å². The monoisotopic (exact) mass is 410 g/mol. The molecular formula is C22H22N2O6. The van der Waals surface area contributed by atoms with E-state index in [1.807, 2.05) is 6.07 Å². The number of methoxy groups -OCH3 is 2. The van der Waals surface area contributed by atoms with Gasteiger partial charge in [-0.3, -0.25) is 9.59 Å². The zero-order valence-electron chi connectivity index (χ0n) is 16.6. The van der Waals surface area contributed by atoms with Crippen molar-refractivity contribution in [2.45, 2.75) is 18.6 Å². The first-order valence-corrected chi connectivity index (χ1v) is 9.21. The number of benzene rings is 2. The van der Waals surface area contributed by atoms with Gasteiger partial charge >= 0.3 is 5.63 Å². The molecule has 0 aliphatic heterocycles. The second-order valence-corrected chi connectivity index (χ2v) is 6.65. The molecule has 0 aliphatic carbocycles. The molecule has 0 bridgehead atoms. The minimum Gasteiger partial charge on any atom is -0.497 e. The third-order valence-electron chi connectivity index (χ3n) is 4.70. The zero-order valence-corrected chi connectivity index (χ0v) is 16.6. The molecule has 0 fully saturated rings. The van der Waals surface area contributed by atoms with E-state index in [1.165, 1.54) is 20.3 Å². The summed E-state index contributed by atoms with van der Waals surface area (Å²) >= 11 is 0. The quantitative estimate of drug-likeness (QED) is 0.545. The van der Waals surface area contributed by atoms with Gasteiger partial charge in [0.05, 0.1) is 7.11 Å². The van der Waals surface area contributed by atoms with Crippen molar-refractivity contribution >= 4 is 22.8 Å². The summed E-state index contributed by atoms with van der Waals surface area (Å²) in [6.07, 6.45) is -0.893. The van der Waals surface area contributed by atoms with Crippen LogP contribution in [0.5, 0.6) is 5.75 Å². The van der Waals surface area contributed by atoms with Crippen LogP contribution in [0, 0.1) is 0 Å².